The molecule has 0 aliphatic carbocycles. The minimum Gasteiger partial charge on any atom is -0.360 e. The van der Waals surface area contributed by atoms with Crippen LogP contribution in [0.2, 0.25) is 0 Å². The summed E-state index contributed by atoms with van der Waals surface area (Å²) in [4.78, 5) is 31.4. The second-order valence-electron chi connectivity index (χ2n) is 7.11. The normalized spacial score (nSPS) is 16.8. The molecule has 1 atom stereocenters. The van der Waals surface area contributed by atoms with Crippen LogP contribution in [0, 0.1) is 5.92 Å². The van der Waals surface area contributed by atoms with Gasteiger partial charge >= 0.3 is 0 Å². The number of rotatable bonds is 4. The van der Waals surface area contributed by atoms with Gasteiger partial charge in [0.15, 0.2) is 5.13 Å². The molecule has 4 heterocycles. The average Bonchev–Trinajstić information content (AvgIpc) is 3.41. The molecule has 7 nitrogen and oxygen atoms in total. The van der Waals surface area contributed by atoms with Gasteiger partial charge in [-0.05, 0) is 25.0 Å². The lowest BCUT2D eigenvalue weighted by Crippen LogP contribution is -2.41. The van der Waals surface area contributed by atoms with Gasteiger partial charge < -0.3 is 15.2 Å². The zero-order valence-electron chi connectivity index (χ0n) is 15.7. The van der Waals surface area contributed by atoms with Crippen LogP contribution in [0.25, 0.3) is 22.2 Å². The summed E-state index contributed by atoms with van der Waals surface area (Å²) < 4.78 is 0. The van der Waals surface area contributed by atoms with Crippen molar-refractivity contribution in [2.45, 2.75) is 12.8 Å². The molecule has 1 amide bonds. The second-order valence-corrected chi connectivity index (χ2v) is 7.97. The number of fused-ring (bicyclic) bond motifs is 1. The van der Waals surface area contributed by atoms with Crippen molar-refractivity contribution in [3.63, 3.8) is 0 Å². The van der Waals surface area contributed by atoms with E-state index in [-0.39, 0.29) is 11.8 Å². The highest BCUT2D eigenvalue weighted by atomic mass is 32.1. The average molecular weight is 404 g/mol. The van der Waals surface area contributed by atoms with Crippen LogP contribution in [-0.2, 0) is 4.79 Å². The van der Waals surface area contributed by atoms with Gasteiger partial charge in [0.05, 0.1) is 11.6 Å². The smallest absolute Gasteiger partial charge is 0.231 e. The molecule has 1 aromatic carbocycles. The summed E-state index contributed by atoms with van der Waals surface area (Å²) in [5.74, 6) is 0.583. The van der Waals surface area contributed by atoms with Crippen molar-refractivity contribution in [2.24, 2.45) is 5.92 Å². The molecule has 8 heteroatoms. The third-order valence-corrected chi connectivity index (χ3v) is 5.98. The van der Waals surface area contributed by atoms with Crippen LogP contribution in [0.5, 0.6) is 0 Å². The highest BCUT2D eigenvalue weighted by Gasteiger charge is 2.27. The SMILES string of the molecule is O=C(Nc1nc(-c2c[nH]c3ccccc23)cs1)C1CCCN(c2ncccn2)C1. The summed E-state index contributed by atoms with van der Waals surface area (Å²) >= 11 is 1.45. The molecule has 0 bridgehead atoms. The summed E-state index contributed by atoms with van der Waals surface area (Å²) in [7, 11) is 0. The third-order valence-electron chi connectivity index (χ3n) is 5.23. The Morgan fingerprint density at radius 1 is 1.21 bits per heavy atom. The largest absolute Gasteiger partial charge is 0.360 e. The molecule has 0 saturated carbocycles. The number of piperidine rings is 1. The second kappa shape index (κ2) is 7.63. The van der Waals surface area contributed by atoms with Gasteiger partial charge in [-0.15, -0.1) is 11.3 Å². The maximum Gasteiger partial charge on any atom is 0.231 e. The van der Waals surface area contributed by atoms with Crippen LogP contribution >= 0.6 is 11.3 Å². The number of hydrogen-bond acceptors (Lipinski definition) is 6. The maximum absolute atomic E-state index is 12.8. The minimum absolute atomic E-state index is 0.00505. The van der Waals surface area contributed by atoms with Gasteiger partial charge in [0, 0.05) is 53.5 Å². The topological polar surface area (TPSA) is 86.8 Å². The summed E-state index contributed by atoms with van der Waals surface area (Å²) in [6.45, 7) is 1.49. The molecule has 1 aliphatic rings. The molecule has 3 aromatic heterocycles. The van der Waals surface area contributed by atoms with Crippen molar-refractivity contribution in [1.82, 2.24) is 19.9 Å². The molecule has 1 saturated heterocycles. The Hall–Kier alpha value is -3.26. The van der Waals surface area contributed by atoms with Gasteiger partial charge in [0.2, 0.25) is 11.9 Å². The van der Waals surface area contributed by atoms with E-state index in [1.165, 1.54) is 11.3 Å². The Morgan fingerprint density at radius 2 is 2.07 bits per heavy atom. The number of carbonyl (C=O) groups excluding carboxylic acids is 1. The lowest BCUT2D eigenvalue weighted by Gasteiger charge is -2.31. The molecule has 0 radical (unpaired) electrons. The number of benzene rings is 1. The molecule has 1 aliphatic heterocycles. The lowest BCUT2D eigenvalue weighted by atomic mass is 9.97. The highest BCUT2D eigenvalue weighted by Crippen LogP contribution is 2.31. The Bertz CT molecular complexity index is 1140. The van der Waals surface area contributed by atoms with Crippen LogP contribution in [-0.4, -0.2) is 38.9 Å². The maximum atomic E-state index is 12.8. The lowest BCUT2D eigenvalue weighted by molar-refractivity contribution is -0.120. The first-order valence-corrected chi connectivity index (χ1v) is 10.5. The number of thiazole rings is 1. The van der Waals surface area contributed by atoms with Gasteiger partial charge in [-0.3, -0.25) is 4.79 Å². The summed E-state index contributed by atoms with van der Waals surface area (Å²) in [6.07, 6.45) is 7.22. The highest BCUT2D eigenvalue weighted by molar-refractivity contribution is 7.14. The van der Waals surface area contributed by atoms with E-state index in [4.69, 9.17) is 0 Å². The Morgan fingerprint density at radius 3 is 2.97 bits per heavy atom. The molecule has 0 spiro atoms. The van der Waals surface area contributed by atoms with Crippen LogP contribution in [0.15, 0.2) is 54.3 Å². The quantitative estimate of drug-likeness (QED) is 0.538. The first-order chi connectivity index (χ1) is 14.3. The predicted molar refractivity (Wildman–Crippen MR) is 115 cm³/mol. The van der Waals surface area contributed by atoms with Crippen LogP contribution in [0.1, 0.15) is 12.8 Å². The number of aromatic nitrogens is 4. The van der Waals surface area contributed by atoms with Crippen molar-refractivity contribution >= 4 is 39.2 Å². The van der Waals surface area contributed by atoms with Crippen LogP contribution < -0.4 is 10.2 Å². The van der Waals surface area contributed by atoms with Crippen molar-refractivity contribution in [2.75, 3.05) is 23.3 Å². The molecule has 2 N–H and O–H groups in total. The first-order valence-electron chi connectivity index (χ1n) is 9.63. The summed E-state index contributed by atoms with van der Waals surface area (Å²) in [5.41, 5.74) is 2.99. The predicted octanol–water partition coefficient (Wildman–Crippen LogP) is 3.94. The van der Waals surface area contributed by atoms with Crippen molar-refractivity contribution in [3.8, 4) is 11.3 Å². The number of anilines is 2. The van der Waals surface area contributed by atoms with E-state index in [1.54, 1.807) is 18.5 Å². The van der Waals surface area contributed by atoms with Gasteiger partial charge in [0.1, 0.15) is 0 Å². The van der Waals surface area contributed by atoms with E-state index in [0.29, 0.717) is 17.6 Å². The van der Waals surface area contributed by atoms with Gasteiger partial charge in [-0.1, -0.05) is 18.2 Å². The molecule has 146 valence electrons. The van der Waals surface area contributed by atoms with Gasteiger partial charge in [-0.2, -0.15) is 0 Å². The summed E-state index contributed by atoms with van der Waals surface area (Å²) in [5, 5.41) is 6.74. The first kappa shape index (κ1) is 17.8. The van der Waals surface area contributed by atoms with Crippen LogP contribution in [0.3, 0.4) is 0 Å². The van der Waals surface area contributed by atoms with E-state index in [2.05, 4.69) is 36.2 Å². The minimum atomic E-state index is -0.104. The Labute approximate surface area is 171 Å². The Balaban J connectivity index is 1.29. The fourth-order valence-electron chi connectivity index (χ4n) is 3.77. The zero-order valence-corrected chi connectivity index (χ0v) is 16.5. The number of amides is 1. The molecule has 1 unspecified atom stereocenters. The fraction of sp³-hybridized carbons (Fsp3) is 0.238. The number of H-pyrrole nitrogens is 1. The zero-order chi connectivity index (χ0) is 19.6. The van der Waals surface area contributed by atoms with E-state index in [1.807, 2.05) is 29.8 Å². The molecule has 4 aromatic rings. The summed E-state index contributed by atoms with van der Waals surface area (Å²) in [6, 6.07) is 9.93. The fourth-order valence-corrected chi connectivity index (χ4v) is 4.49. The number of nitrogens with zero attached hydrogens (tertiary/aromatic N) is 4. The third kappa shape index (κ3) is 3.58. The molecule has 5 rings (SSSR count). The van der Waals surface area contributed by atoms with Crippen molar-refractivity contribution in [1.29, 1.82) is 0 Å². The van der Waals surface area contributed by atoms with Gasteiger partial charge in [-0.25, -0.2) is 15.0 Å². The number of para-hydroxylation sites is 1. The molecular formula is C21H20N6OS. The molecular weight excluding hydrogens is 384 g/mol. The van der Waals surface area contributed by atoms with E-state index in [9.17, 15) is 4.79 Å². The number of aromatic amines is 1. The van der Waals surface area contributed by atoms with E-state index in [0.717, 1.165) is 41.5 Å². The van der Waals surface area contributed by atoms with Crippen LogP contribution in [0.4, 0.5) is 11.1 Å². The van der Waals surface area contributed by atoms with E-state index < -0.39 is 0 Å². The van der Waals surface area contributed by atoms with E-state index >= 15 is 0 Å². The number of hydrogen-bond donors (Lipinski definition) is 2. The van der Waals surface area contributed by atoms with Crippen molar-refractivity contribution in [3.05, 3.63) is 54.3 Å². The molecule has 1 fully saturated rings. The monoisotopic (exact) mass is 404 g/mol. The number of carbonyl (C=O) groups is 1. The van der Waals surface area contributed by atoms with Crippen molar-refractivity contribution < 1.29 is 4.79 Å². The number of nitrogens with one attached hydrogen (secondary N) is 2. The standard InChI is InChI=1S/C21H20N6OS/c28-19(14-5-3-10-27(12-14)20-22-8-4-9-23-20)26-21-25-18(13-29-21)16-11-24-17-7-2-1-6-15(16)17/h1-2,4,6-9,11,13-14,24H,3,5,10,12H2,(H,25,26,28). The molecule has 29 heavy (non-hydrogen) atoms. The van der Waals surface area contributed by atoms with Gasteiger partial charge in [0.25, 0.3) is 0 Å². The Kier molecular flexibility index (Phi) is 4.69.